The van der Waals surface area contributed by atoms with Crippen molar-refractivity contribution in [3.63, 3.8) is 0 Å². The van der Waals surface area contributed by atoms with E-state index in [9.17, 15) is 0 Å². The largest absolute Gasteiger partial charge is 0.353 e. The van der Waals surface area contributed by atoms with Gasteiger partial charge in [-0.05, 0) is 24.0 Å². The summed E-state index contributed by atoms with van der Waals surface area (Å²) >= 11 is 1.62. The summed E-state index contributed by atoms with van der Waals surface area (Å²) in [7, 11) is 2.06. The molecule has 1 aliphatic rings. The summed E-state index contributed by atoms with van der Waals surface area (Å²) in [4.78, 5) is 0. The highest BCUT2D eigenvalue weighted by Crippen LogP contribution is 2.23. The van der Waals surface area contributed by atoms with E-state index in [0.717, 1.165) is 17.4 Å². The molecule has 0 atom stereocenters. The van der Waals surface area contributed by atoms with Crippen molar-refractivity contribution in [1.29, 1.82) is 0 Å². The van der Waals surface area contributed by atoms with Gasteiger partial charge < -0.3 is 4.57 Å². The topological polar surface area (TPSA) is 35.6 Å². The molecule has 1 aliphatic heterocycles. The number of aryl methyl sites for hydroxylation is 1. The Morgan fingerprint density at radius 2 is 2.25 bits per heavy atom. The number of thioether (sulfide) groups is 1. The fourth-order valence-electron chi connectivity index (χ4n) is 1.98. The third-order valence-electron chi connectivity index (χ3n) is 2.88. The number of rotatable bonds is 1. The maximum Gasteiger partial charge on any atom is 0.195 e. The standard InChI is InChI=1S/C11H12N4S/c1-14-5-3-8-4-6-15-10(7-9(8)14)12-13-11(15)16-2/h3-6H,7H2,1-2H3. The molecule has 0 spiro atoms. The maximum atomic E-state index is 4.23. The summed E-state index contributed by atoms with van der Waals surface area (Å²) in [6.07, 6.45) is 9.10. The second-order valence-electron chi connectivity index (χ2n) is 3.79. The van der Waals surface area contributed by atoms with Crippen LogP contribution in [0.2, 0.25) is 0 Å². The molecule has 5 heteroatoms. The number of fused-ring (bicyclic) bond motifs is 2. The molecule has 0 aliphatic carbocycles. The fourth-order valence-corrected chi connectivity index (χ4v) is 2.47. The van der Waals surface area contributed by atoms with Crippen molar-refractivity contribution in [2.45, 2.75) is 11.6 Å². The van der Waals surface area contributed by atoms with E-state index < -0.39 is 0 Å². The molecule has 3 heterocycles. The minimum absolute atomic E-state index is 0.833. The SMILES string of the molecule is CSc1nnc2n1C=Cc1ccn(C)c1C2. The van der Waals surface area contributed by atoms with Crippen molar-refractivity contribution >= 4 is 24.0 Å². The van der Waals surface area contributed by atoms with Crippen LogP contribution in [0.4, 0.5) is 0 Å². The molecule has 0 radical (unpaired) electrons. The molecule has 16 heavy (non-hydrogen) atoms. The molecule has 3 rings (SSSR count). The van der Waals surface area contributed by atoms with Crippen molar-refractivity contribution in [3.05, 3.63) is 29.3 Å². The zero-order valence-corrected chi connectivity index (χ0v) is 10.0. The van der Waals surface area contributed by atoms with Gasteiger partial charge in [-0.2, -0.15) is 0 Å². The van der Waals surface area contributed by atoms with Gasteiger partial charge in [0.05, 0.1) is 0 Å². The van der Waals surface area contributed by atoms with Crippen molar-refractivity contribution in [2.24, 2.45) is 7.05 Å². The Morgan fingerprint density at radius 3 is 3.06 bits per heavy atom. The van der Waals surface area contributed by atoms with Crippen LogP contribution in [0.3, 0.4) is 0 Å². The van der Waals surface area contributed by atoms with E-state index in [2.05, 4.69) is 44.7 Å². The predicted molar refractivity (Wildman–Crippen MR) is 65.2 cm³/mol. The lowest BCUT2D eigenvalue weighted by molar-refractivity contribution is 0.811. The average molecular weight is 232 g/mol. The first-order valence-electron chi connectivity index (χ1n) is 5.10. The summed E-state index contributed by atoms with van der Waals surface area (Å²) in [5, 5.41) is 9.34. The highest BCUT2D eigenvalue weighted by molar-refractivity contribution is 7.98. The normalized spacial score (nSPS) is 13.4. The van der Waals surface area contributed by atoms with Gasteiger partial charge in [-0.1, -0.05) is 11.8 Å². The van der Waals surface area contributed by atoms with Crippen molar-refractivity contribution in [2.75, 3.05) is 6.26 Å². The van der Waals surface area contributed by atoms with Gasteiger partial charge in [0, 0.05) is 31.6 Å². The lowest BCUT2D eigenvalue weighted by Crippen LogP contribution is -2.01. The lowest BCUT2D eigenvalue weighted by Gasteiger charge is -2.02. The number of aromatic nitrogens is 4. The lowest BCUT2D eigenvalue weighted by atomic mass is 10.2. The van der Waals surface area contributed by atoms with Gasteiger partial charge in [0.15, 0.2) is 5.16 Å². The predicted octanol–water partition coefficient (Wildman–Crippen LogP) is 1.87. The minimum Gasteiger partial charge on any atom is -0.353 e. The van der Waals surface area contributed by atoms with E-state index in [-0.39, 0.29) is 0 Å². The minimum atomic E-state index is 0.833. The second-order valence-corrected chi connectivity index (χ2v) is 4.57. The zero-order valence-electron chi connectivity index (χ0n) is 9.21. The molecule has 0 saturated heterocycles. The average Bonchev–Trinajstić information content (AvgIpc) is 2.78. The molecule has 0 N–H and O–H groups in total. The third kappa shape index (κ3) is 1.31. The van der Waals surface area contributed by atoms with Gasteiger partial charge in [-0.3, -0.25) is 4.57 Å². The summed E-state index contributed by atoms with van der Waals surface area (Å²) in [5.41, 5.74) is 2.55. The Balaban J connectivity index is 2.15. The summed E-state index contributed by atoms with van der Waals surface area (Å²) in [6, 6.07) is 2.13. The molecule has 2 aromatic rings. The maximum absolute atomic E-state index is 4.23. The van der Waals surface area contributed by atoms with Crippen molar-refractivity contribution < 1.29 is 0 Å². The van der Waals surface area contributed by atoms with Crippen LogP contribution in [0.5, 0.6) is 0 Å². The van der Waals surface area contributed by atoms with Gasteiger partial charge in [0.1, 0.15) is 5.82 Å². The van der Waals surface area contributed by atoms with Crippen LogP contribution in [0.25, 0.3) is 12.3 Å². The first kappa shape index (κ1) is 9.72. The molecule has 0 unspecified atom stereocenters. The molecule has 0 aromatic carbocycles. The van der Waals surface area contributed by atoms with Crippen LogP contribution in [-0.4, -0.2) is 25.6 Å². The van der Waals surface area contributed by atoms with Crippen LogP contribution >= 0.6 is 11.8 Å². The summed E-state index contributed by atoms with van der Waals surface area (Å²) in [5.74, 6) is 1.00. The summed E-state index contributed by atoms with van der Waals surface area (Å²) in [6.45, 7) is 0. The van der Waals surface area contributed by atoms with Crippen LogP contribution in [-0.2, 0) is 13.5 Å². The van der Waals surface area contributed by atoms with Crippen LogP contribution in [0.1, 0.15) is 17.1 Å². The van der Waals surface area contributed by atoms with Gasteiger partial charge in [0.25, 0.3) is 0 Å². The molecule has 82 valence electrons. The molecule has 0 fully saturated rings. The zero-order chi connectivity index (χ0) is 11.1. The van der Waals surface area contributed by atoms with Crippen molar-refractivity contribution in [1.82, 2.24) is 19.3 Å². The highest BCUT2D eigenvalue weighted by atomic mass is 32.2. The highest BCUT2D eigenvalue weighted by Gasteiger charge is 2.16. The first-order valence-corrected chi connectivity index (χ1v) is 6.32. The van der Waals surface area contributed by atoms with E-state index in [1.54, 1.807) is 11.8 Å². The Bertz CT molecular complexity index is 565. The smallest absolute Gasteiger partial charge is 0.195 e. The van der Waals surface area contributed by atoms with E-state index in [4.69, 9.17) is 0 Å². The van der Waals surface area contributed by atoms with Crippen LogP contribution < -0.4 is 0 Å². The monoisotopic (exact) mass is 232 g/mol. The van der Waals surface area contributed by atoms with E-state index in [1.165, 1.54) is 11.3 Å². The molecule has 0 saturated carbocycles. The first-order chi connectivity index (χ1) is 7.79. The van der Waals surface area contributed by atoms with Gasteiger partial charge in [0.2, 0.25) is 0 Å². The van der Waals surface area contributed by atoms with Crippen LogP contribution in [0.15, 0.2) is 17.4 Å². The molecule has 2 aromatic heterocycles. The quantitative estimate of drug-likeness (QED) is 0.601. The number of nitrogens with zero attached hydrogens (tertiary/aromatic N) is 4. The molecular weight excluding hydrogens is 220 g/mol. The Labute approximate surface area is 98.0 Å². The van der Waals surface area contributed by atoms with Crippen molar-refractivity contribution in [3.8, 4) is 0 Å². The van der Waals surface area contributed by atoms with E-state index >= 15 is 0 Å². The Hall–Kier alpha value is -1.49. The Morgan fingerprint density at radius 1 is 1.38 bits per heavy atom. The second kappa shape index (κ2) is 3.52. The molecule has 0 bridgehead atoms. The van der Waals surface area contributed by atoms with Gasteiger partial charge >= 0.3 is 0 Å². The molecule has 4 nitrogen and oxygen atoms in total. The number of hydrogen-bond acceptors (Lipinski definition) is 3. The fraction of sp³-hybridized carbons (Fsp3) is 0.273. The third-order valence-corrected chi connectivity index (χ3v) is 3.53. The molecule has 0 amide bonds. The number of hydrogen-bond donors (Lipinski definition) is 0. The molecular formula is C11H12N4S. The summed E-state index contributed by atoms with van der Waals surface area (Å²) < 4.78 is 4.20. The van der Waals surface area contributed by atoms with Crippen LogP contribution in [0, 0.1) is 0 Å². The van der Waals surface area contributed by atoms with E-state index in [1.807, 2.05) is 12.5 Å². The van der Waals surface area contributed by atoms with E-state index in [0.29, 0.717) is 0 Å². The van der Waals surface area contributed by atoms with Gasteiger partial charge in [-0.25, -0.2) is 0 Å². The van der Waals surface area contributed by atoms with Gasteiger partial charge in [-0.15, -0.1) is 10.2 Å². The Kier molecular flexibility index (Phi) is 2.14.